The molecule has 0 aliphatic rings. The van der Waals surface area contributed by atoms with Crippen LogP contribution < -0.4 is 0 Å². The summed E-state index contributed by atoms with van der Waals surface area (Å²) in [5.41, 5.74) is -3.58. The monoisotopic (exact) mass is 394 g/mol. The summed E-state index contributed by atoms with van der Waals surface area (Å²) >= 11 is 0. The number of rotatable bonds is 7. The molecule has 0 saturated carbocycles. The number of carbonyl (C=O) groups excluding carboxylic acids is 1. The molecule has 0 radical (unpaired) electrons. The molecule has 28 heavy (non-hydrogen) atoms. The van der Waals surface area contributed by atoms with Crippen LogP contribution in [0.1, 0.15) is 45.6 Å². The van der Waals surface area contributed by atoms with Gasteiger partial charge in [-0.05, 0) is 24.2 Å². The molecule has 0 aliphatic carbocycles. The molecule has 2 atom stereocenters. The molecule has 0 aliphatic heterocycles. The van der Waals surface area contributed by atoms with Gasteiger partial charge in [-0.1, -0.05) is 63.4 Å². The number of alkyl halides is 3. The summed E-state index contributed by atoms with van der Waals surface area (Å²) < 4.78 is 51.6. The fourth-order valence-corrected chi connectivity index (χ4v) is 2.40. The molecule has 0 spiro atoms. The minimum atomic E-state index is -5.02. The molecule has 1 aromatic carbocycles. The molecule has 0 unspecified atom stereocenters. The average Bonchev–Trinajstić information content (AvgIpc) is 2.64. The van der Waals surface area contributed by atoms with Crippen LogP contribution in [-0.4, -0.2) is 25.4 Å². The Morgan fingerprint density at radius 2 is 1.79 bits per heavy atom. The molecule has 1 aromatic rings. The van der Waals surface area contributed by atoms with Crippen LogP contribution in [0.15, 0.2) is 30.3 Å². The molecule has 152 valence electrons. The summed E-state index contributed by atoms with van der Waals surface area (Å²) in [6.07, 6.45) is -3.43. The zero-order valence-corrected chi connectivity index (χ0v) is 16.5. The van der Waals surface area contributed by atoms with Gasteiger partial charge in [0.05, 0.1) is 0 Å². The number of hydrogen-bond acceptors (Lipinski definition) is 3. The van der Waals surface area contributed by atoms with Gasteiger partial charge in [-0.3, -0.25) is 0 Å². The maximum atomic E-state index is 13.9. The quantitative estimate of drug-likeness (QED) is 0.377. The van der Waals surface area contributed by atoms with Gasteiger partial charge >= 0.3 is 12.1 Å². The number of carbonyl (C=O) groups is 1. The van der Waals surface area contributed by atoms with E-state index in [9.17, 15) is 18.0 Å². The van der Waals surface area contributed by atoms with E-state index in [1.807, 2.05) is 6.92 Å². The van der Waals surface area contributed by atoms with Crippen LogP contribution in [0.25, 0.3) is 0 Å². The summed E-state index contributed by atoms with van der Waals surface area (Å²) in [6, 6.07) is 6.69. The molecule has 3 nitrogen and oxygen atoms in total. The van der Waals surface area contributed by atoms with Crippen LogP contribution in [-0.2, 0) is 19.9 Å². The first-order valence-corrected chi connectivity index (χ1v) is 9.07. The van der Waals surface area contributed by atoms with Crippen LogP contribution in [0.3, 0.4) is 0 Å². The van der Waals surface area contributed by atoms with E-state index in [2.05, 4.69) is 23.7 Å². The van der Waals surface area contributed by atoms with Gasteiger partial charge in [0.15, 0.2) is 6.10 Å². The number of halogens is 3. The largest absolute Gasteiger partial charge is 0.446 e. The zero-order valence-electron chi connectivity index (χ0n) is 16.5. The van der Waals surface area contributed by atoms with E-state index in [4.69, 9.17) is 9.47 Å². The minimum Gasteiger partial charge on any atom is -0.446 e. The number of ether oxygens (including phenoxy) is 2. The van der Waals surface area contributed by atoms with Crippen molar-refractivity contribution in [2.24, 2.45) is 5.92 Å². The van der Waals surface area contributed by atoms with Crippen molar-refractivity contribution in [3.05, 3.63) is 35.9 Å². The zero-order chi connectivity index (χ0) is 21.2. The molecule has 0 aromatic heterocycles. The normalized spacial score (nSPS) is 14.1. The molecule has 1 rings (SSSR count). The molecule has 0 heterocycles. The van der Waals surface area contributed by atoms with Gasteiger partial charge < -0.3 is 9.47 Å². The predicted molar refractivity (Wildman–Crippen MR) is 101 cm³/mol. The number of esters is 1. The highest BCUT2D eigenvalue weighted by atomic mass is 19.4. The first kappa shape index (κ1) is 23.6. The SMILES string of the molecule is CCCCC#CC#C[C@H](OC(=O)[C@](OC)(c1ccccc1)C(F)(F)F)C(C)C. The van der Waals surface area contributed by atoms with Crippen LogP contribution in [0, 0.1) is 29.6 Å². The molecule has 0 fully saturated rings. The average molecular weight is 394 g/mol. The Bertz CT molecular complexity index is 748. The minimum absolute atomic E-state index is 0.326. The van der Waals surface area contributed by atoms with Crippen molar-refractivity contribution in [2.45, 2.75) is 57.9 Å². The third-order valence-corrected chi connectivity index (χ3v) is 4.03. The first-order chi connectivity index (χ1) is 13.2. The highest BCUT2D eigenvalue weighted by Crippen LogP contribution is 2.43. The second kappa shape index (κ2) is 10.8. The van der Waals surface area contributed by atoms with E-state index in [0.29, 0.717) is 6.42 Å². The maximum Gasteiger partial charge on any atom is 0.432 e. The van der Waals surface area contributed by atoms with Crippen molar-refractivity contribution in [3.8, 4) is 23.7 Å². The number of methoxy groups -OCH3 is 1. The van der Waals surface area contributed by atoms with Crippen molar-refractivity contribution >= 4 is 5.97 Å². The van der Waals surface area contributed by atoms with E-state index in [1.54, 1.807) is 19.9 Å². The van der Waals surface area contributed by atoms with Crippen molar-refractivity contribution in [3.63, 3.8) is 0 Å². The molecular formula is C22H25F3O3. The summed E-state index contributed by atoms with van der Waals surface area (Å²) in [4.78, 5) is 12.7. The van der Waals surface area contributed by atoms with E-state index in [-0.39, 0.29) is 11.5 Å². The fourth-order valence-electron chi connectivity index (χ4n) is 2.40. The standard InChI is InChI=1S/C22H25F3O3/c1-5-6-7-8-9-13-16-19(17(2)3)28-20(26)21(27-4,22(23,24)25)18-14-11-10-12-15-18/h10-12,14-15,17,19H,5-7H2,1-4H3/t19-,21+/m0/s1. The van der Waals surface area contributed by atoms with E-state index in [0.717, 1.165) is 20.0 Å². The maximum absolute atomic E-state index is 13.9. The highest BCUT2D eigenvalue weighted by Gasteiger charge is 2.64. The predicted octanol–water partition coefficient (Wildman–Crippen LogP) is 4.86. The molecule has 6 heteroatoms. The lowest BCUT2D eigenvalue weighted by molar-refractivity contribution is -0.277. The van der Waals surface area contributed by atoms with Gasteiger partial charge in [0.2, 0.25) is 0 Å². The van der Waals surface area contributed by atoms with E-state index in [1.165, 1.54) is 24.3 Å². The number of hydrogen-bond donors (Lipinski definition) is 0. The fraction of sp³-hybridized carbons (Fsp3) is 0.500. The lowest BCUT2D eigenvalue weighted by Crippen LogP contribution is -2.52. The van der Waals surface area contributed by atoms with Gasteiger partial charge in [-0.2, -0.15) is 13.2 Å². The number of benzene rings is 1. The van der Waals surface area contributed by atoms with Crippen molar-refractivity contribution in [1.82, 2.24) is 0 Å². The summed E-state index contributed by atoms with van der Waals surface area (Å²) in [7, 11) is 0.830. The van der Waals surface area contributed by atoms with Crippen LogP contribution in [0.5, 0.6) is 0 Å². The molecule has 0 amide bonds. The Labute approximate surface area is 164 Å². The first-order valence-electron chi connectivity index (χ1n) is 9.07. The van der Waals surface area contributed by atoms with Crippen LogP contribution in [0.4, 0.5) is 13.2 Å². The summed E-state index contributed by atoms with van der Waals surface area (Å²) in [6.45, 7) is 5.43. The van der Waals surface area contributed by atoms with Gasteiger partial charge in [-0.25, -0.2) is 4.79 Å². The second-order valence-electron chi connectivity index (χ2n) is 6.49. The Morgan fingerprint density at radius 3 is 2.29 bits per heavy atom. The van der Waals surface area contributed by atoms with E-state index >= 15 is 0 Å². The van der Waals surface area contributed by atoms with Gasteiger partial charge in [0.1, 0.15) is 0 Å². The van der Waals surface area contributed by atoms with Gasteiger partial charge in [0, 0.05) is 25.0 Å². The van der Waals surface area contributed by atoms with Gasteiger partial charge in [-0.15, -0.1) is 0 Å². The highest BCUT2D eigenvalue weighted by molar-refractivity contribution is 5.83. The van der Waals surface area contributed by atoms with Crippen LogP contribution >= 0.6 is 0 Å². The van der Waals surface area contributed by atoms with Crippen molar-refractivity contribution in [1.29, 1.82) is 0 Å². The summed E-state index contributed by atoms with van der Waals surface area (Å²) in [5, 5.41) is 0. The van der Waals surface area contributed by atoms with Crippen molar-refractivity contribution < 1.29 is 27.4 Å². The molecular weight excluding hydrogens is 369 g/mol. The Balaban J connectivity index is 3.17. The lowest BCUT2D eigenvalue weighted by Gasteiger charge is -2.33. The second-order valence-corrected chi connectivity index (χ2v) is 6.49. The number of unbranched alkanes of at least 4 members (excludes halogenated alkanes) is 2. The van der Waals surface area contributed by atoms with E-state index < -0.39 is 23.9 Å². The molecule has 0 N–H and O–H groups in total. The Morgan fingerprint density at radius 1 is 1.14 bits per heavy atom. The molecule has 0 saturated heterocycles. The molecule has 0 bridgehead atoms. The Hall–Kier alpha value is -2.44. The van der Waals surface area contributed by atoms with Crippen LogP contribution in [0.2, 0.25) is 0 Å². The third kappa shape index (κ3) is 5.78. The topological polar surface area (TPSA) is 35.5 Å². The summed E-state index contributed by atoms with van der Waals surface area (Å²) in [5.74, 6) is 8.82. The third-order valence-electron chi connectivity index (χ3n) is 4.03. The van der Waals surface area contributed by atoms with Gasteiger partial charge in [0.25, 0.3) is 5.60 Å². The van der Waals surface area contributed by atoms with Crippen molar-refractivity contribution in [2.75, 3.05) is 7.11 Å². The smallest absolute Gasteiger partial charge is 0.432 e. The lowest BCUT2D eigenvalue weighted by atomic mass is 9.92. The Kier molecular flexibility index (Phi) is 9.09.